The standard InChI is InChI=1S/C13H17N7O5/c1-4-17-6-5-10(15-17)8(2)14-11(21)7-18-9(3)12(19(22)23)13(16-18)20(24)25/h5-6,8H,4,7H2,1-3H3,(H,14,21). The number of carbonyl (C=O) groups is 1. The van der Waals surface area contributed by atoms with E-state index in [2.05, 4.69) is 15.5 Å². The predicted octanol–water partition coefficient (Wildman–Crippen LogP) is 1.10. The maximum Gasteiger partial charge on any atom is 0.468 e. The molecule has 1 atom stereocenters. The highest BCUT2D eigenvalue weighted by Gasteiger charge is 2.35. The molecule has 2 heterocycles. The molecule has 25 heavy (non-hydrogen) atoms. The van der Waals surface area contributed by atoms with Crippen molar-refractivity contribution in [2.24, 2.45) is 0 Å². The monoisotopic (exact) mass is 351 g/mol. The second kappa shape index (κ2) is 7.07. The molecule has 0 fully saturated rings. The topological polar surface area (TPSA) is 151 Å². The molecule has 134 valence electrons. The van der Waals surface area contributed by atoms with Crippen LogP contribution < -0.4 is 5.32 Å². The van der Waals surface area contributed by atoms with Gasteiger partial charge in [0.1, 0.15) is 12.2 Å². The second-order valence-electron chi connectivity index (χ2n) is 5.31. The molecule has 1 amide bonds. The Hall–Kier alpha value is -3.31. The Balaban J connectivity index is 2.13. The first-order valence-electron chi connectivity index (χ1n) is 7.43. The zero-order valence-corrected chi connectivity index (χ0v) is 13.9. The van der Waals surface area contributed by atoms with Gasteiger partial charge in [-0.3, -0.25) is 19.6 Å². The molecule has 0 aliphatic carbocycles. The third kappa shape index (κ3) is 3.79. The van der Waals surface area contributed by atoms with E-state index < -0.39 is 27.3 Å². The van der Waals surface area contributed by atoms with E-state index in [-0.39, 0.29) is 18.3 Å². The van der Waals surface area contributed by atoms with Crippen molar-refractivity contribution in [1.29, 1.82) is 0 Å². The molecule has 0 aromatic carbocycles. The normalized spacial score (nSPS) is 12.0. The maximum atomic E-state index is 12.1. The lowest BCUT2D eigenvalue weighted by atomic mass is 10.2. The van der Waals surface area contributed by atoms with Gasteiger partial charge in [-0.2, -0.15) is 9.78 Å². The van der Waals surface area contributed by atoms with Crippen molar-refractivity contribution in [2.75, 3.05) is 0 Å². The number of aromatic nitrogens is 4. The summed E-state index contributed by atoms with van der Waals surface area (Å²) >= 11 is 0. The van der Waals surface area contributed by atoms with Gasteiger partial charge in [0.15, 0.2) is 0 Å². The molecule has 0 aliphatic rings. The van der Waals surface area contributed by atoms with Crippen LogP contribution in [0.3, 0.4) is 0 Å². The van der Waals surface area contributed by atoms with Crippen LogP contribution in [0.1, 0.15) is 31.3 Å². The molecule has 2 aromatic heterocycles. The van der Waals surface area contributed by atoms with Crippen molar-refractivity contribution in [3.05, 3.63) is 43.9 Å². The fraction of sp³-hybridized carbons (Fsp3) is 0.462. The molecule has 0 bridgehead atoms. The zero-order valence-electron chi connectivity index (χ0n) is 13.9. The third-order valence-electron chi connectivity index (χ3n) is 3.61. The summed E-state index contributed by atoms with van der Waals surface area (Å²) in [7, 11) is 0. The van der Waals surface area contributed by atoms with E-state index in [9.17, 15) is 25.0 Å². The number of hydrogen-bond acceptors (Lipinski definition) is 7. The number of nitrogens with one attached hydrogen (secondary N) is 1. The Kier molecular flexibility index (Phi) is 5.10. The van der Waals surface area contributed by atoms with Crippen LogP contribution in [0.4, 0.5) is 11.5 Å². The lowest BCUT2D eigenvalue weighted by Gasteiger charge is -2.11. The molecule has 12 nitrogen and oxygen atoms in total. The summed E-state index contributed by atoms with van der Waals surface area (Å²) in [6.07, 6.45) is 1.78. The van der Waals surface area contributed by atoms with E-state index >= 15 is 0 Å². The van der Waals surface area contributed by atoms with Gasteiger partial charge in [0.2, 0.25) is 5.91 Å². The quantitative estimate of drug-likeness (QED) is 0.579. The number of nitro groups is 2. The average Bonchev–Trinajstić information content (AvgIpc) is 3.12. The van der Waals surface area contributed by atoms with E-state index in [0.29, 0.717) is 12.2 Å². The van der Waals surface area contributed by atoms with Crippen molar-refractivity contribution in [3.63, 3.8) is 0 Å². The number of hydrogen-bond donors (Lipinski definition) is 1. The van der Waals surface area contributed by atoms with E-state index in [4.69, 9.17) is 0 Å². The van der Waals surface area contributed by atoms with Crippen LogP contribution in [0, 0.1) is 27.2 Å². The van der Waals surface area contributed by atoms with Crippen molar-refractivity contribution in [3.8, 4) is 0 Å². The highest BCUT2D eigenvalue weighted by molar-refractivity contribution is 5.76. The molecular formula is C13H17N7O5. The van der Waals surface area contributed by atoms with Crippen molar-refractivity contribution in [2.45, 2.75) is 39.9 Å². The molecule has 1 unspecified atom stereocenters. The first-order chi connectivity index (χ1) is 11.7. The van der Waals surface area contributed by atoms with Gasteiger partial charge in [-0.05, 0) is 31.8 Å². The maximum absolute atomic E-state index is 12.1. The van der Waals surface area contributed by atoms with E-state index in [0.717, 1.165) is 4.68 Å². The minimum absolute atomic E-state index is 0.0604. The molecule has 12 heteroatoms. The number of amides is 1. The Morgan fingerprint density at radius 1 is 1.32 bits per heavy atom. The third-order valence-corrected chi connectivity index (χ3v) is 3.61. The van der Waals surface area contributed by atoms with E-state index in [1.54, 1.807) is 23.9 Å². The van der Waals surface area contributed by atoms with E-state index in [1.165, 1.54) is 6.92 Å². The average molecular weight is 351 g/mol. The van der Waals surface area contributed by atoms with Crippen LogP contribution >= 0.6 is 0 Å². The van der Waals surface area contributed by atoms with Crippen LogP contribution in [0.2, 0.25) is 0 Å². The summed E-state index contributed by atoms with van der Waals surface area (Å²) in [6.45, 7) is 5.29. The summed E-state index contributed by atoms with van der Waals surface area (Å²) in [4.78, 5) is 32.2. The second-order valence-corrected chi connectivity index (χ2v) is 5.31. The van der Waals surface area contributed by atoms with Crippen LogP contribution in [0.5, 0.6) is 0 Å². The van der Waals surface area contributed by atoms with Crippen molar-refractivity contribution in [1.82, 2.24) is 24.9 Å². The fourth-order valence-electron chi connectivity index (χ4n) is 2.29. The molecule has 0 radical (unpaired) electrons. The lowest BCUT2D eigenvalue weighted by Crippen LogP contribution is -2.31. The largest absolute Gasteiger partial charge is 0.468 e. The number of rotatable bonds is 7. The number of aryl methyl sites for hydroxylation is 1. The summed E-state index contributed by atoms with van der Waals surface area (Å²) in [5.41, 5.74) is -0.119. The summed E-state index contributed by atoms with van der Waals surface area (Å²) in [6, 6.07) is 1.38. The van der Waals surface area contributed by atoms with Crippen LogP contribution in [-0.4, -0.2) is 35.3 Å². The Bertz CT molecular complexity index is 825. The summed E-state index contributed by atoms with van der Waals surface area (Å²) < 4.78 is 2.66. The van der Waals surface area contributed by atoms with Gasteiger partial charge in [0.05, 0.1) is 21.8 Å². The van der Waals surface area contributed by atoms with Crippen LogP contribution in [0.15, 0.2) is 12.3 Å². The smallest absolute Gasteiger partial charge is 0.358 e. The zero-order chi connectivity index (χ0) is 18.7. The van der Waals surface area contributed by atoms with Gasteiger partial charge in [0.25, 0.3) is 0 Å². The van der Waals surface area contributed by atoms with Gasteiger partial charge in [-0.15, -0.1) is 0 Å². The highest BCUT2D eigenvalue weighted by Crippen LogP contribution is 2.29. The van der Waals surface area contributed by atoms with Gasteiger partial charge < -0.3 is 15.4 Å². The van der Waals surface area contributed by atoms with E-state index in [1.807, 2.05) is 6.92 Å². The molecular weight excluding hydrogens is 334 g/mol. The Morgan fingerprint density at radius 2 is 2.00 bits per heavy atom. The Labute approximate surface area is 141 Å². The van der Waals surface area contributed by atoms with Gasteiger partial charge >= 0.3 is 11.5 Å². The molecule has 2 aromatic rings. The minimum Gasteiger partial charge on any atom is -0.358 e. The van der Waals surface area contributed by atoms with Gasteiger partial charge in [0, 0.05) is 12.7 Å². The summed E-state index contributed by atoms with van der Waals surface area (Å²) in [5, 5.41) is 32.4. The molecule has 0 saturated carbocycles. The molecule has 0 spiro atoms. The van der Waals surface area contributed by atoms with Crippen molar-refractivity contribution < 1.29 is 14.6 Å². The molecule has 1 N–H and O–H groups in total. The van der Waals surface area contributed by atoms with Gasteiger partial charge in [-0.25, -0.2) is 0 Å². The predicted molar refractivity (Wildman–Crippen MR) is 84.7 cm³/mol. The fourth-order valence-corrected chi connectivity index (χ4v) is 2.29. The first-order valence-corrected chi connectivity index (χ1v) is 7.43. The van der Waals surface area contributed by atoms with Crippen molar-refractivity contribution >= 4 is 17.4 Å². The molecule has 2 rings (SSSR count). The van der Waals surface area contributed by atoms with Gasteiger partial charge in [-0.1, -0.05) is 0 Å². The van der Waals surface area contributed by atoms with Crippen LogP contribution in [-0.2, 0) is 17.9 Å². The lowest BCUT2D eigenvalue weighted by molar-refractivity contribution is -0.424. The molecule has 0 aliphatic heterocycles. The number of nitrogens with zero attached hydrogens (tertiary/aromatic N) is 6. The van der Waals surface area contributed by atoms with Crippen LogP contribution in [0.25, 0.3) is 0 Å². The Morgan fingerprint density at radius 3 is 2.48 bits per heavy atom. The minimum atomic E-state index is -0.945. The highest BCUT2D eigenvalue weighted by atomic mass is 16.6. The SMILES string of the molecule is CCn1ccc(C(C)NC(=O)Cn2nc([N+](=O)[O-])c([N+](=O)[O-])c2C)n1. The molecule has 0 saturated heterocycles. The first kappa shape index (κ1) is 18.0. The summed E-state index contributed by atoms with van der Waals surface area (Å²) in [5.74, 6) is -1.38. The number of carbonyl (C=O) groups excluding carboxylic acids is 1.